The Morgan fingerprint density at radius 2 is 1.86 bits per heavy atom. The first kappa shape index (κ1) is 24.3. The van der Waals surface area contributed by atoms with Crippen molar-refractivity contribution in [2.75, 3.05) is 11.1 Å². The van der Waals surface area contributed by atoms with E-state index in [0.29, 0.717) is 17.5 Å². The molecule has 0 fully saturated rings. The molecular weight excluding hydrogens is 477 g/mol. The van der Waals surface area contributed by atoms with E-state index in [1.807, 2.05) is 42.5 Å². The number of anilines is 1. The summed E-state index contributed by atoms with van der Waals surface area (Å²) in [4.78, 5) is 12.6. The molecule has 0 saturated heterocycles. The third kappa shape index (κ3) is 6.02. The van der Waals surface area contributed by atoms with Gasteiger partial charge in [-0.15, -0.1) is 16.8 Å². The van der Waals surface area contributed by atoms with Crippen LogP contribution in [0.3, 0.4) is 0 Å². The van der Waals surface area contributed by atoms with E-state index in [-0.39, 0.29) is 24.0 Å². The molecule has 0 aliphatic heterocycles. The van der Waals surface area contributed by atoms with Crippen LogP contribution in [-0.4, -0.2) is 26.4 Å². The van der Waals surface area contributed by atoms with E-state index in [1.54, 1.807) is 10.6 Å². The van der Waals surface area contributed by atoms with E-state index < -0.39 is 11.7 Å². The molecule has 6 nitrogen and oxygen atoms in total. The van der Waals surface area contributed by atoms with Gasteiger partial charge in [-0.1, -0.05) is 60.3 Å². The summed E-state index contributed by atoms with van der Waals surface area (Å²) in [5.74, 6) is 0.352. The minimum Gasteiger partial charge on any atom is -0.486 e. The van der Waals surface area contributed by atoms with Crippen molar-refractivity contribution in [3.8, 4) is 5.75 Å². The Labute approximate surface area is 203 Å². The number of carbonyl (C=O) groups excluding carboxylic acids is 1. The maximum atomic E-state index is 12.9. The topological polar surface area (TPSA) is 69.0 Å². The van der Waals surface area contributed by atoms with Crippen LogP contribution < -0.4 is 10.1 Å². The summed E-state index contributed by atoms with van der Waals surface area (Å²) in [5, 5.41) is 13.6. The van der Waals surface area contributed by atoms with Crippen LogP contribution in [0.15, 0.2) is 84.5 Å². The van der Waals surface area contributed by atoms with Crippen LogP contribution in [0.2, 0.25) is 0 Å². The number of nitrogens with one attached hydrogen (secondary N) is 1. The van der Waals surface area contributed by atoms with E-state index in [1.165, 1.54) is 23.9 Å². The number of aromatic nitrogens is 3. The van der Waals surface area contributed by atoms with E-state index >= 15 is 0 Å². The van der Waals surface area contributed by atoms with Crippen LogP contribution in [-0.2, 0) is 24.1 Å². The quantitative estimate of drug-likeness (QED) is 0.228. The van der Waals surface area contributed by atoms with Gasteiger partial charge in [0.25, 0.3) is 0 Å². The molecule has 35 heavy (non-hydrogen) atoms. The van der Waals surface area contributed by atoms with Crippen molar-refractivity contribution in [2.45, 2.75) is 24.5 Å². The molecule has 0 aliphatic carbocycles. The molecule has 1 amide bonds. The normalized spacial score (nSPS) is 11.4. The molecule has 4 rings (SSSR count). The molecule has 0 unspecified atom stereocenters. The second-order valence-electron chi connectivity index (χ2n) is 7.48. The number of hydrogen-bond acceptors (Lipinski definition) is 5. The van der Waals surface area contributed by atoms with Gasteiger partial charge in [0.15, 0.2) is 11.0 Å². The van der Waals surface area contributed by atoms with E-state index in [9.17, 15) is 18.0 Å². The first-order valence-electron chi connectivity index (χ1n) is 10.6. The largest absolute Gasteiger partial charge is 0.486 e. The number of halogens is 3. The van der Waals surface area contributed by atoms with Crippen molar-refractivity contribution in [3.05, 3.63) is 90.8 Å². The lowest BCUT2D eigenvalue weighted by Crippen LogP contribution is -2.15. The summed E-state index contributed by atoms with van der Waals surface area (Å²) in [6.45, 7) is 3.98. The van der Waals surface area contributed by atoms with Crippen LogP contribution in [0.25, 0.3) is 10.8 Å². The fraction of sp³-hybridized carbons (Fsp3) is 0.160. The molecule has 0 aliphatic rings. The van der Waals surface area contributed by atoms with Crippen LogP contribution in [0.5, 0.6) is 5.75 Å². The van der Waals surface area contributed by atoms with Crippen LogP contribution in [0.1, 0.15) is 11.4 Å². The fourth-order valence-corrected chi connectivity index (χ4v) is 4.17. The molecule has 1 aromatic heterocycles. The highest BCUT2D eigenvalue weighted by atomic mass is 32.2. The minimum absolute atomic E-state index is 0.0663. The highest BCUT2D eigenvalue weighted by molar-refractivity contribution is 7.99. The average Bonchev–Trinajstić information content (AvgIpc) is 3.23. The Morgan fingerprint density at radius 1 is 1.09 bits per heavy atom. The highest BCUT2D eigenvalue weighted by Gasteiger charge is 2.30. The van der Waals surface area contributed by atoms with Crippen molar-refractivity contribution < 1.29 is 22.7 Å². The smallest absolute Gasteiger partial charge is 0.416 e. The monoisotopic (exact) mass is 498 g/mol. The number of hydrogen-bond donors (Lipinski definition) is 1. The zero-order valence-corrected chi connectivity index (χ0v) is 19.3. The predicted octanol–water partition coefficient (Wildman–Crippen LogP) is 5.95. The lowest BCUT2D eigenvalue weighted by atomic mass is 10.1. The standard InChI is InChI=1S/C25H21F3N4O2S/c1-2-13-32-22(15-34-19-10-6-9-18(14-19)25(26,27)28)30-31-24(32)35-16-23(33)29-21-12-5-8-17-7-3-4-11-20(17)21/h2-12,14H,1,13,15-16H2,(H,29,33). The average molecular weight is 499 g/mol. The lowest BCUT2D eigenvalue weighted by molar-refractivity contribution is -0.137. The molecule has 1 N–H and O–H groups in total. The van der Waals surface area contributed by atoms with Gasteiger partial charge < -0.3 is 10.1 Å². The molecule has 180 valence electrons. The number of fused-ring (bicyclic) bond motifs is 1. The van der Waals surface area contributed by atoms with Crippen molar-refractivity contribution in [2.24, 2.45) is 0 Å². The van der Waals surface area contributed by atoms with Gasteiger partial charge in [0.2, 0.25) is 5.91 Å². The molecule has 10 heteroatoms. The number of amides is 1. The molecule has 0 bridgehead atoms. The van der Waals surface area contributed by atoms with Gasteiger partial charge in [0, 0.05) is 17.6 Å². The molecule has 0 spiro atoms. The molecular formula is C25H21F3N4O2S. The number of benzene rings is 3. The Hall–Kier alpha value is -3.79. The summed E-state index contributed by atoms with van der Waals surface area (Å²) >= 11 is 1.19. The van der Waals surface area contributed by atoms with Gasteiger partial charge in [0.05, 0.1) is 11.3 Å². The Kier molecular flexibility index (Phi) is 7.40. The van der Waals surface area contributed by atoms with Crippen molar-refractivity contribution >= 4 is 34.1 Å². The second kappa shape index (κ2) is 10.6. The van der Waals surface area contributed by atoms with Gasteiger partial charge in [0.1, 0.15) is 12.4 Å². The summed E-state index contributed by atoms with van der Waals surface area (Å²) in [6, 6.07) is 18.1. The summed E-state index contributed by atoms with van der Waals surface area (Å²) in [6.07, 6.45) is -2.82. The molecule has 1 heterocycles. The molecule has 3 aromatic carbocycles. The van der Waals surface area contributed by atoms with Gasteiger partial charge >= 0.3 is 6.18 Å². The van der Waals surface area contributed by atoms with Crippen molar-refractivity contribution in [3.63, 3.8) is 0 Å². The number of rotatable bonds is 9. The second-order valence-corrected chi connectivity index (χ2v) is 8.42. The Morgan fingerprint density at radius 3 is 2.66 bits per heavy atom. The first-order chi connectivity index (χ1) is 16.8. The summed E-state index contributed by atoms with van der Waals surface area (Å²) < 4.78 is 46.0. The van der Waals surface area contributed by atoms with E-state index in [2.05, 4.69) is 22.1 Å². The summed E-state index contributed by atoms with van der Waals surface area (Å²) in [7, 11) is 0. The van der Waals surface area contributed by atoms with Crippen molar-refractivity contribution in [1.29, 1.82) is 0 Å². The van der Waals surface area contributed by atoms with E-state index in [0.717, 1.165) is 28.6 Å². The fourth-order valence-electron chi connectivity index (χ4n) is 3.41. The van der Waals surface area contributed by atoms with Crippen LogP contribution >= 0.6 is 11.8 Å². The van der Waals surface area contributed by atoms with Crippen LogP contribution in [0.4, 0.5) is 18.9 Å². The number of nitrogens with zero attached hydrogens (tertiary/aromatic N) is 3. The summed E-state index contributed by atoms with van der Waals surface area (Å²) in [5.41, 5.74) is -0.0764. The van der Waals surface area contributed by atoms with E-state index in [4.69, 9.17) is 4.74 Å². The zero-order valence-electron chi connectivity index (χ0n) is 18.5. The highest BCUT2D eigenvalue weighted by Crippen LogP contribution is 2.31. The SMILES string of the molecule is C=CCn1c(COc2cccc(C(F)(F)F)c2)nnc1SCC(=O)Nc1cccc2ccccc12. The lowest BCUT2D eigenvalue weighted by Gasteiger charge is -2.11. The number of carbonyl (C=O) groups is 1. The number of allylic oxidation sites excluding steroid dienone is 1. The van der Waals surface area contributed by atoms with Crippen molar-refractivity contribution in [1.82, 2.24) is 14.8 Å². The maximum absolute atomic E-state index is 12.9. The number of ether oxygens (including phenoxy) is 1. The molecule has 0 saturated carbocycles. The zero-order chi connectivity index (χ0) is 24.8. The van der Waals surface area contributed by atoms with Gasteiger partial charge in [-0.25, -0.2) is 0 Å². The van der Waals surface area contributed by atoms with Crippen LogP contribution in [0, 0.1) is 0 Å². The Bertz CT molecular complexity index is 1350. The Balaban J connectivity index is 1.41. The molecule has 0 radical (unpaired) electrons. The van der Waals surface area contributed by atoms with Gasteiger partial charge in [-0.2, -0.15) is 13.2 Å². The molecule has 0 atom stereocenters. The minimum atomic E-state index is -4.46. The number of thioether (sulfide) groups is 1. The van der Waals surface area contributed by atoms with Gasteiger partial charge in [-0.3, -0.25) is 9.36 Å². The maximum Gasteiger partial charge on any atom is 0.416 e. The first-order valence-corrected chi connectivity index (χ1v) is 11.6. The number of alkyl halides is 3. The molecule has 4 aromatic rings. The van der Waals surface area contributed by atoms with Gasteiger partial charge in [-0.05, 0) is 29.7 Å². The third-order valence-corrected chi connectivity index (χ3v) is 6.00. The third-order valence-electron chi connectivity index (χ3n) is 5.03. The predicted molar refractivity (Wildman–Crippen MR) is 129 cm³/mol.